The van der Waals surface area contributed by atoms with Gasteiger partial charge in [0, 0.05) is 11.6 Å². The zero-order chi connectivity index (χ0) is 15.3. The van der Waals surface area contributed by atoms with E-state index < -0.39 is 11.9 Å². The standard InChI is InChI=1S/C11H13NO3.2C2H6/c1-8(7-10(13)14)11(15)12-9-5-3-2-4-6-9;2*1-2/h2-6,8H,7H2,1H3,(H,12,15)(H,13,14);2*1-2H3. The second kappa shape index (κ2) is 12.6. The van der Waals surface area contributed by atoms with Crippen molar-refractivity contribution < 1.29 is 14.7 Å². The zero-order valence-corrected chi connectivity index (χ0v) is 12.4. The van der Waals surface area contributed by atoms with Crippen molar-refractivity contribution in [3.8, 4) is 0 Å². The summed E-state index contributed by atoms with van der Waals surface area (Å²) in [4.78, 5) is 21.9. The fraction of sp³-hybridized carbons (Fsp3) is 0.467. The molecule has 0 fully saturated rings. The Bertz CT molecular complexity index is 350. The van der Waals surface area contributed by atoms with Crippen LogP contribution < -0.4 is 5.32 Å². The minimum Gasteiger partial charge on any atom is -0.481 e. The molecule has 19 heavy (non-hydrogen) atoms. The Labute approximate surface area is 115 Å². The van der Waals surface area contributed by atoms with E-state index in [1.807, 2.05) is 33.8 Å². The highest BCUT2D eigenvalue weighted by Gasteiger charge is 2.16. The van der Waals surface area contributed by atoms with Crippen molar-refractivity contribution in [3.63, 3.8) is 0 Å². The van der Waals surface area contributed by atoms with Crippen LogP contribution in [0.4, 0.5) is 5.69 Å². The second-order valence-electron chi connectivity index (χ2n) is 3.35. The second-order valence-corrected chi connectivity index (χ2v) is 3.35. The molecule has 0 aliphatic carbocycles. The lowest BCUT2D eigenvalue weighted by Gasteiger charge is -2.09. The summed E-state index contributed by atoms with van der Waals surface area (Å²) in [6.45, 7) is 9.59. The number of hydrogen-bond donors (Lipinski definition) is 2. The van der Waals surface area contributed by atoms with Gasteiger partial charge < -0.3 is 10.4 Å². The normalized spacial score (nSPS) is 9.95. The van der Waals surface area contributed by atoms with Gasteiger partial charge in [-0.2, -0.15) is 0 Å². The number of rotatable bonds is 4. The van der Waals surface area contributed by atoms with Crippen LogP contribution in [0.5, 0.6) is 0 Å². The summed E-state index contributed by atoms with van der Waals surface area (Å²) >= 11 is 0. The average Bonchev–Trinajstić information content (AvgIpc) is 2.43. The quantitative estimate of drug-likeness (QED) is 0.872. The molecule has 0 spiro atoms. The highest BCUT2D eigenvalue weighted by Crippen LogP contribution is 2.09. The molecule has 0 aromatic heterocycles. The van der Waals surface area contributed by atoms with Gasteiger partial charge >= 0.3 is 5.97 Å². The van der Waals surface area contributed by atoms with Crippen LogP contribution in [-0.4, -0.2) is 17.0 Å². The Morgan fingerprint density at radius 2 is 1.58 bits per heavy atom. The highest BCUT2D eigenvalue weighted by molar-refractivity contribution is 5.94. The third-order valence-corrected chi connectivity index (χ3v) is 1.97. The molecule has 0 heterocycles. The molecule has 0 aliphatic heterocycles. The first-order valence-corrected chi connectivity index (χ1v) is 6.67. The maximum atomic E-state index is 11.5. The van der Waals surface area contributed by atoms with Gasteiger partial charge in [0.1, 0.15) is 0 Å². The van der Waals surface area contributed by atoms with E-state index in [9.17, 15) is 9.59 Å². The van der Waals surface area contributed by atoms with Crippen LogP contribution in [0.15, 0.2) is 30.3 Å². The summed E-state index contributed by atoms with van der Waals surface area (Å²) in [7, 11) is 0. The van der Waals surface area contributed by atoms with E-state index in [1.54, 1.807) is 31.2 Å². The number of carbonyl (C=O) groups excluding carboxylic acids is 1. The molecular weight excluding hydrogens is 242 g/mol. The van der Waals surface area contributed by atoms with Gasteiger partial charge in [-0.05, 0) is 12.1 Å². The minimum absolute atomic E-state index is 0.154. The molecule has 4 nitrogen and oxygen atoms in total. The smallest absolute Gasteiger partial charge is 0.304 e. The molecule has 0 saturated heterocycles. The number of carboxylic acids is 1. The Kier molecular flexibility index (Phi) is 12.9. The highest BCUT2D eigenvalue weighted by atomic mass is 16.4. The number of anilines is 1. The molecular formula is C15H25NO3. The Hall–Kier alpha value is -1.84. The van der Waals surface area contributed by atoms with Gasteiger partial charge in [-0.1, -0.05) is 52.8 Å². The number of para-hydroxylation sites is 1. The first-order valence-electron chi connectivity index (χ1n) is 6.67. The number of carboxylic acid groups (broad SMARTS) is 1. The minimum atomic E-state index is -0.967. The molecule has 1 aromatic rings. The predicted octanol–water partition coefficient (Wildman–Crippen LogP) is 3.79. The Morgan fingerprint density at radius 1 is 1.11 bits per heavy atom. The van der Waals surface area contributed by atoms with E-state index in [0.717, 1.165) is 0 Å². The van der Waals surface area contributed by atoms with E-state index in [1.165, 1.54) is 0 Å². The summed E-state index contributed by atoms with van der Waals surface area (Å²) < 4.78 is 0. The maximum Gasteiger partial charge on any atom is 0.304 e. The van der Waals surface area contributed by atoms with Crippen molar-refractivity contribution in [2.24, 2.45) is 5.92 Å². The molecule has 0 aliphatic rings. The monoisotopic (exact) mass is 267 g/mol. The topological polar surface area (TPSA) is 66.4 Å². The number of nitrogens with one attached hydrogen (secondary N) is 1. The third kappa shape index (κ3) is 9.83. The maximum absolute atomic E-state index is 11.5. The van der Waals surface area contributed by atoms with Crippen LogP contribution in [0.25, 0.3) is 0 Å². The lowest BCUT2D eigenvalue weighted by molar-refractivity contribution is -0.139. The first kappa shape index (κ1) is 19.5. The number of benzene rings is 1. The molecule has 0 saturated carbocycles. The lowest BCUT2D eigenvalue weighted by Crippen LogP contribution is -2.22. The van der Waals surface area contributed by atoms with Crippen molar-refractivity contribution >= 4 is 17.6 Å². The number of amides is 1. The number of carbonyl (C=O) groups is 2. The molecule has 1 atom stereocenters. The summed E-state index contributed by atoms with van der Waals surface area (Å²) in [6.07, 6.45) is -0.154. The largest absolute Gasteiger partial charge is 0.481 e. The van der Waals surface area contributed by atoms with E-state index in [0.29, 0.717) is 5.69 Å². The van der Waals surface area contributed by atoms with Crippen LogP contribution >= 0.6 is 0 Å². The van der Waals surface area contributed by atoms with Crippen molar-refractivity contribution in [2.75, 3.05) is 5.32 Å². The summed E-state index contributed by atoms with van der Waals surface area (Å²) in [5.41, 5.74) is 0.680. The van der Waals surface area contributed by atoms with E-state index >= 15 is 0 Å². The fourth-order valence-corrected chi connectivity index (χ4v) is 1.14. The molecule has 1 rings (SSSR count). The molecule has 1 amide bonds. The molecule has 1 unspecified atom stereocenters. The van der Waals surface area contributed by atoms with Gasteiger partial charge in [0.25, 0.3) is 0 Å². The van der Waals surface area contributed by atoms with Gasteiger partial charge in [-0.25, -0.2) is 0 Å². The lowest BCUT2D eigenvalue weighted by atomic mass is 10.1. The van der Waals surface area contributed by atoms with Gasteiger partial charge in [0.2, 0.25) is 5.91 Å². The Morgan fingerprint density at radius 3 is 2.00 bits per heavy atom. The molecule has 1 aromatic carbocycles. The van der Waals surface area contributed by atoms with Gasteiger partial charge in [-0.3, -0.25) is 9.59 Å². The zero-order valence-electron chi connectivity index (χ0n) is 12.4. The van der Waals surface area contributed by atoms with Crippen molar-refractivity contribution in [2.45, 2.75) is 41.0 Å². The van der Waals surface area contributed by atoms with Crippen molar-refractivity contribution in [1.29, 1.82) is 0 Å². The molecule has 108 valence electrons. The predicted molar refractivity (Wildman–Crippen MR) is 79.2 cm³/mol. The third-order valence-electron chi connectivity index (χ3n) is 1.97. The number of aliphatic carboxylic acids is 1. The molecule has 0 radical (unpaired) electrons. The molecule has 0 bridgehead atoms. The van der Waals surface area contributed by atoms with E-state index in [4.69, 9.17) is 5.11 Å². The summed E-state index contributed by atoms with van der Waals surface area (Å²) in [5.74, 6) is -1.77. The van der Waals surface area contributed by atoms with Gasteiger partial charge in [-0.15, -0.1) is 0 Å². The number of hydrogen-bond acceptors (Lipinski definition) is 2. The van der Waals surface area contributed by atoms with Gasteiger partial charge in [0.05, 0.1) is 6.42 Å². The molecule has 4 heteroatoms. The Balaban J connectivity index is 0. The van der Waals surface area contributed by atoms with Crippen LogP contribution in [-0.2, 0) is 9.59 Å². The van der Waals surface area contributed by atoms with Crippen LogP contribution in [0.3, 0.4) is 0 Å². The molecule has 2 N–H and O–H groups in total. The van der Waals surface area contributed by atoms with Crippen LogP contribution in [0.2, 0.25) is 0 Å². The first-order chi connectivity index (χ1) is 9.09. The van der Waals surface area contributed by atoms with E-state index in [-0.39, 0.29) is 12.3 Å². The fourth-order valence-electron chi connectivity index (χ4n) is 1.14. The van der Waals surface area contributed by atoms with Crippen molar-refractivity contribution in [1.82, 2.24) is 0 Å². The van der Waals surface area contributed by atoms with Crippen LogP contribution in [0.1, 0.15) is 41.0 Å². The summed E-state index contributed by atoms with van der Waals surface area (Å²) in [5, 5.41) is 11.2. The SMILES string of the molecule is CC.CC.CC(CC(=O)O)C(=O)Nc1ccccc1. The van der Waals surface area contributed by atoms with Crippen LogP contribution in [0, 0.1) is 5.92 Å². The van der Waals surface area contributed by atoms with Gasteiger partial charge in [0.15, 0.2) is 0 Å². The average molecular weight is 267 g/mol. The van der Waals surface area contributed by atoms with E-state index in [2.05, 4.69) is 5.32 Å². The van der Waals surface area contributed by atoms with Crippen molar-refractivity contribution in [3.05, 3.63) is 30.3 Å². The summed E-state index contributed by atoms with van der Waals surface area (Å²) in [6, 6.07) is 8.96.